The maximum absolute atomic E-state index is 13.8. The molecule has 2 atom stereocenters. The lowest BCUT2D eigenvalue weighted by Crippen LogP contribution is -2.18. The Hall–Kier alpha value is -2.27. The van der Waals surface area contributed by atoms with Crippen molar-refractivity contribution >= 4 is 11.6 Å². The van der Waals surface area contributed by atoms with E-state index in [0.29, 0.717) is 13.0 Å². The summed E-state index contributed by atoms with van der Waals surface area (Å²) in [5.41, 5.74) is 2.05. The van der Waals surface area contributed by atoms with Crippen LogP contribution in [0.4, 0.5) is 14.5 Å². The van der Waals surface area contributed by atoms with Gasteiger partial charge in [-0.25, -0.2) is 8.78 Å². The molecule has 0 aliphatic heterocycles. The lowest BCUT2D eigenvalue weighted by Gasteiger charge is -2.11. The van der Waals surface area contributed by atoms with E-state index in [0.717, 1.165) is 29.9 Å². The van der Waals surface area contributed by atoms with Gasteiger partial charge in [-0.2, -0.15) is 0 Å². The lowest BCUT2D eigenvalue weighted by molar-refractivity contribution is -0.117. The van der Waals surface area contributed by atoms with Gasteiger partial charge in [0.15, 0.2) is 0 Å². The zero-order chi connectivity index (χ0) is 17.1. The van der Waals surface area contributed by atoms with E-state index in [-0.39, 0.29) is 23.3 Å². The van der Waals surface area contributed by atoms with Crippen molar-refractivity contribution in [1.82, 2.24) is 5.32 Å². The smallest absolute Gasteiger partial charge is 0.228 e. The van der Waals surface area contributed by atoms with Gasteiger partial charge in [0.05, 0.1) is 0 Å². The molecular formula is C19H20F2N2O. The molecule has 1 aliphatic carbocycles. The van der Waals surface area contributed by atoms with Crippen molar-refractivity contribution < 1.29 is 13.6 Å². The zero-order valence-corrected chi connectivity index (χ0v) is 13.5. The molecule has 0 aromatic heterocycles. The number of rotatable bonds is 6. The first-order valence-corrected chi connectivity index (χ1v) is 8.14. The van der Waals surface area contributed by atoms with E-state index in [1.165, 1.54) is 6.07 Å². The van der Waals surface area contributed by atoms with Crippen molar-refractivity contribution in [2.75, 3.05) is 11.9 Å². The van der Waals surface area contributed by atoms with E-state index in [1.807, 2.05) is 31.2 Å². The summed E-state index contributed by atoms with van der Waals surface area (Å²) in [4.78, 5) is 12.4. The Morgan fingerprint density at radius 2 is 2.00 bits per heavy atom. The number of anilines is 1. The maximum atomic E-state index is 13.8. The SMILES string of the molecule is CCNCc1ccccc1NC(=O)C1CC1c1cc(F)ccc1F. The number of benzene rings is 2. The fourth-order valence-corrected chi connectivity index (χ4v) is 2.91. The quantitative estimate of drug-likeness (QED) is 0.845. The molecule has 3 nitrogen and oxygen atoms in total. The third-order valence-corrected chi connectivity index (χ3v) is 4.33. The molecular weight excluding hydrogens is 310 g/mol. The van der Waals surface area contributed by atoms with Crippen molar-refractivity contribution in [3.8, 4) is 0 Å². The van der Waals surface area contributed by atoms with Crippen molar-refractivity contribution in [3.63, 3.8) is 0 Å². The second-order valence-corrected chi connectivity index (χ2v) is 6.04. The highest BCUT2D eigenvalue weighted by Gasteiger charge is 2.45. The fraction of sp³-hybridized carbons (Fsp3) is 0.316. The van der Waals surface area contributed by atoms with Crippen LogP contribution in [0.25, 0.3) is 0 Å². The van der Waals surface area contributed by atoms with Crippen LogP contribution in [0.3, 0.4) is 0 Å². The van der Waals surface area contributed by atoms with Gasteiger partial charge < -0.3 is 10.6 Å². The highest BCUT2D eigenvalue weighted by molar-refractivity contribution is 5.95. The number of nitrogens with one attached hydrogen (secondary N) is 2. The first-order chi connectivity index (χ1) is 11.6. The Bertz CT molecular complexity index is 748. The number of carbonyl (C=O) groups excluding carboxylic acids is 1. The highest BCUT2D eigenvalue weighted by Crippen LogP contribution is 2.49. The van der Waals surface area contributed by atoms with Crippen LogP contribution in [-0.2, 0) is 11.3 Å². The third-order valence-electron chi connectivity index (χ3n) is 4.33. The molecule has 5 heteroatoms. The summed E-state index contributed by atoms with van der Waals surface area (Å²) in [5, 5.41) is 6.15. The monoisotopic (exact) mass is 330 g/mol. The van der Waals surface area contributed by atoms with Gasteiger partial charge in [0, 0.05) is 18.2 Å². The molecule has 2 aromatic rings. The van der Waals surface area contributed by atoms with Crippen molar-refractivity contribution in [3.05, 3.63) is 65.2 Å². The molecule has 0 bridgehead atoms. The minimum Gasteiger partial charge on any atom is -0.326 e. The van der Waals surface area contributed by atoms with Gasteiger partial charge in [-0.05, 0) is 54.3 Å². The zero-order valence-electron chi connectivity index (χ0n) is 13.5. The highest BCUT2D eigenvalue weighted by atomic mass is 19.1. The van der Waals surface area contributed by atoms with Gasteiger partial charge >= 0.3 is 0 Å². The molecule has 2 aromatic carbocycles. The Morgan fingerprint density at radius 3 is 2.79 bits per heavy atom. The van der Waals surface area contributed by atoms with E-state index >= 15 is 0 Å². The summed E-state index contributed by atoms with van der Waals surface area (Å²) in [6.45, 7) is 3.52. The second-order valence-electron chi connectivity index (χ2n) is 6.04. The number of halogens is 2. The number of hydrogen-bond acceptors (Lipinski definition) is 2. The van der Waals surface area contributed by atoms with E-state index in [2.05, 4.69) is 10.6 Å². The number of hydrogen-bond donors (Lipinski definition) is 2. The fourth-order valence-electron chi connectivity index (χ4n) is 2.91. The van der Waals surface area contributed by atoms with Crippen molar-refractivity contribution in [1.29, 1.82) is 0 Å². The van der Waals surface area contributed by atoms with Gasteiger partial charge in [0.25, 0.3) is 0 Å². The summed E-state index contributed by atoms with van der Waals surface area (Å²) >= 11 is 0. The van der Waals surface area contributed by atoms with Gasteiger partial charge in [-0.3, -0.25) is 4.79 Å². The third kappa shape index (κ3) is 3.62. The molecule has 1 amide bonds. The Morgan fingerprint density at radius 1 is 1.21 bits per heavy atom. The molecule has 0 heterocycles. The van der Waals surface area contributed by atoms with Gasteiger partial charge in [-0.15, -0.1) is 0 Å². The summed E-state index contributed by atoms with van der Waals surface area (Å²) in [7, 11) is 0. The van der Waals surface area contributed by atoms with Crippen LogP contribution in [0.2, 0.25) is 0 Å². The lowest BCUT2D eigenvalue weighted by atomic mass is 10.1. The normalized spacial score (nSPS) is 19.1. The topological polar surface area (TPSA) is 41.1 Å². The minimum absolute atomic E-state index is 0.146. The minimum atomic E-state index is -0.478. The van der Waals surface area contributed by atoms with E-state index in [9.17, 15) is 13.6 Å². The van der Waals surface area contributed by atoms with E-state index < -0.39 is 11.6 Å². The summed E-state index contributed by atoms with van der Waals surface area (Å²) < 4.78 is 27.1. The van der Waals surface area contributed by atoms with Crippen molar-refractivity contribution in [2.24, 2.45) is 5.92 Å². The maximum Gasteiger partial charge on any atom is 0.228 e. The van der Waals surface area contributed by atoms with Gasteiger partial charge in [0.1, 0.15) is 11.6 Å². The standard InChI is InChI=1S/C19H20F2N2O/c1-2-22-11-12-5-3-4-6-18(12)23-19(24)16-10-14(16)15-9-13(20)7-8-17(15)21/h3-9,14,16,22H,2,10-11H2,1H3,(H,23,24). The van der Waals surface area contributed by atoms with Crippen LogP contribution in [0.15, 0.2) is 42.5 Å². The van der Waals surface area contributed by atoms with Crippen LogP contribution >= 0.6 is 0 Å². The molecule has 1 aliphatic rings. The molecule has 3 rings (SSSR count). The summed E-state index contributed by atoms with van der Waals surface area (Å²) in [6.07, 6.45) is 0.543. The van der Waals surface area contributed by atoms with Crippen LogP contribution in [0, 0.1) is 17.6 Å². The van der Waals surface area contributed by atoms with Crippen molar-refractivity contribution in [2.45, 2.75) is 25.8 Å². The summed E-state index contributed by atoms with van der Waals surface area (Å²) in [6, 6.07) is 11.0. The molecule has 2 N–H and O–H groups in total. The summed E-state index contributed by atoms with van der Waals surface area (Å²) in [5.74, 6) is -1.64. The number of carbonyl (C=O) groups is 1. The first kappa shape index (κ1) is 16.6. The van der Waals surface area contributed by atoms with Gasteiger partial charge in [0.2, 0.25) is 5.91 Å². The Balaban J connectivity index is 1.68. The van der Waals surface area contributed by atoms with Crippen LogP contribution in [0.5, 0.6) is 0 Å². The largest absolute Gasteiger partial charge is 0.326 e. The number of para-hydroxylation sites is 1. The Labute approximate surface area is 140 Å². The predicted molar refractivity (Wildman–Crippen MR) is 89.7 cm³/mol. The molecule has 0 saturated heterocycles. The van der Waals surface area contributed by atoms with Crippen LogP contribution in [-0.4, -0.2) is 12.5 Å². The van der Waals surface area contributed by atoms with Gasteiger partial charge in [-0.1, -0.05) is 25.1 Å². The molecule has 2 unspecified atom stereocenters. The molecule has 24 heavy (non-hydrogen) atoms. The van der Waals surface area contributed by atoms with Crippen LogP contribution < -0.4 is 10.6 Å². The van der Waals surface area contributed by atoms with E-state index in [4.69, 9.17) is 0 Å². The Kier molecular flexibility index (Phi) is 4.90. The molecule has 0 spiro atoms. The number of amides is 1. The second kappa shape index (κ2) is 7.09. The van der Waals surface area contributed by atoms with E-state index in [1.54, 1.807) is 0 Å². The van der Waals surface area contributed by atoms with Crippen LogP contribution in [0.1, 0.15) is 30.4 Å². The molecule has 0 radical (unpaired) electrons. The predicted octanol–water partition coefficient (Wildman–Crippen LogP) is 3.82. The molecule has 1 fully saturated rings. The first-order valence-electron chi connectivity index (χ1n) is 8.14. The molecule has 1 saturated carbocycles. The average molecular weight is 330 g/mol. The molecule has 126 valence electrons. The average Bonchev–Trinajstić information content (AvgIpc) is 3.37.